The topological polar surface area (TPSA) is 40.6 Å². The van der Waals surface area contributed by atoms with Gasteiger partial charge in [-0.1, -0.05) is 13.8 Å². The molecule has 1 aliphatic heterocycles. The zero-order chi connectivity index (χ0) is 13.0. The molecule has 4 heteroatoms. The van der Waals surface area contributed by atoms with Crippen molar-refractivity contribution in [3.63, 3.8) is 0 Å². The van der Waals surface area contributed by atoms with E-state index in [-0.39, 0.29) is 11.7 Å². The van der Waals surface area contributed by atoms with Gasteiger partial charge >= 0.3 is 0 Å². The van der Waals surface area contributed by atoms with E-state index in [1.807, 2.05) is 11.9 Å². The van der Waals surface area contributed by atoms with Crippen molar-refractivity contribution >= 4 is 11.7 Å². The third-order valence-corrected chi connectivity index (χ3v) is 3.72. The maximum Gasteiger partial charge on any atom is 0.236 e. The number of carbonyl (C=O) groups excluding carboxylic acids is 2. The van der Waals surface area contributed by atoms with Crippen LogP contribution < -0.4 is 0 Å². The van der Waals surface area contributed by atoms with Crippen LogP contribution in [-0.4, -0.2) is 54.2 Å². The molecule has 1 amide bonds. The summed E-state index contributed by atoms with van der Waals surface area (Å²) in [6, 6.07) is 0.394. The standard InChI is InChI=1S/C13H24N2O2/c1-10(2)11(3)14(4)9-13(17)15-7-5-12(16)6-8-15/h10-11H,5-9H2,1-4H3. The van der Waals surface area contributed by atoms with Gasteiger partial charge in [-0.25, -0.2) is 0 Å². The Bertz CT molecular complexity index is 279. The number of hydrogen-bond acceptors (Lipinski definition) is 3. The molecule has 4 nitrogen and oxygen atoms in total. The van der Waals surface area contributed by atoms with Crippen LogP contribution in [-0.2, 0) is 9.59 Å². The Morgan fingerprint density at radius 3 is 2.29 bits per heavy atom. The largest absolute Gasteiger partial charge is 0.341 e. The summed E-state index contributed by atoms with van der Waals surface area (Å²) in [5.74, 6) is 0.959. The maximum absolute atomic E-state index is 12.0. The van der Waals surface area contributed by atoms with E-state index in [4.69, 9.17) is 0 Å². The van der Waals surface area contributed by atoms with Gasteiger partial charge in [0.1, 0.15) is 5.78 Å². The molecule has 1 atom stereocenters. The SMILES string of the molecule is CC(C)C(C)N(C)CC(=O)N1CCC(=O)CC1. The second kappa shape index (κ2) is 6.15. The summed E-state index contributed by atoms with van der Waals surface area (Å²) in [4.78, 5) is 27.0. The molecule has 98 valence electrons. The van der Waals surface area contributed by atoms with Gasteiger partial charge in [0.15, 0.2) is 0 Å². The zero-order valence-electron chi connectivity index (χ0n) is 11.4. The molecule has 1 saturated heterocycles. The van der Waals surface area contributed by atoms with Crippen molar-refractivity contribution in [3.05, 3.63) is 0 Å². The van der Waals surface area contributed by atoms with Crippen molar-refractivity contribution in [3.8, 4) is 0 Å². The molecule has 1 rings (SSSR count). The highest BCUT2D eigenvalue weighted by Crippen LogP contribution is 2.10. The second-order valence-electron chi connectivity index (χ2n) is 5.32. The fourth-order valence-corrected chi connectivity index (χ4v) is 1.97. The molecule has 0 bridgehead atoms. The predicted octanol–water partition coefficient (Wildman–Crippen LogP) is 1.15. The minimum absolute atomic E-state index is 0.146. The van der Waals surface area contributed by atoms with Gasteiger partial charge in [-0.3, -0.25) is 14.5 Å². The summed E-state index contributed by atoms with van der Waals surface area (Å²) in [5.41, 5.74) is 0. The normalized spacial score (nSPS) is 18.9. The Balaban J connectivity index is 2.41. The molecular formula is C13H24N2O2. The smallest absolute Gasteiger partial charge is 0.236 e. The van der Waals surface area contributed by atoms with E-state index in [2.05, 4.69) is 25.7 Å². The fourth-order valence-electron chi connectivity index (χ4n) is 1.97. The zero-order valence-corrected chi connectivity index (χ0v) is 11.4. The number of likely N-dealkylation sites (tertiary alicyclic amines) is 1. The van der Waals surface area contributed by atoms with Gasteiger partial charge in [0.25, 0.3) is 0 Å². The first-order chi connectivity index (χ1) is 7.91. The number of ketones is 1. The Kier molecular flexibility index (Phi) is 5.12. The van der Waals surface area contributed by atoms with E-state index in [1.165, 1.54) is 0 Å². The van der Waals surface area contributed by atoms with Crippen molar-refractivity contribution in [2.45, 2.75) is 39.7 Å². The Hall–Kier alpha value is -0.900. The monoisotopic (exact) mass is 240 g/mol. The van der Waals surface area contributed by atoms with Crippen LogP contribution in [0.25, 0.3) is 0 Å². The quantitative estimate of drug-likeness (QED) is 0.740. The highest BCUT2D eigenvalue weighted by molar-refractivity contribution is 5.84. The van der Waals surface area contributed by atoms with Crippen molar-refractivity contribution in [1.29, 1.82) is 0 Å². The van der Waals surface area contributed by atoms with Crippen molar-refractivity contribution < 1.29 is 9.59 Å². The predicted molar refractivity (Wildman–Crippen MR) is 67.8 cm³/mol. The number of amides is 1. The van der Waals surface area contributed by atoms with Crippen LogP contribution in [0.3, 0.4) is 0 Å². The molecule has 1 fully saturated rings. The number of carbonyl (C=O) groups is 2. The fraction of sp³-hybridized carbons (Fsp3) is 0.846. The molecule has 17 heavy (non-hydrogen) atoms. The number of hydrogen-bond donors (Lipinski definition) is 0. The average Bonchev–Trinajstić information content (AvgIpc) is 2.28. The molecule has 0 aliphatic carbocycles. The Morgan fingerprint density at radius 1 is 1.29 bits per heavy atom. The van der Waals surface area contributed by atoms with Gasteiger partial charge in [-0.2, -0.15) is 0 Å². The molecule has 1 aliphatic rings. The molecule has 0 spiro atoms. The molecular weight excluding hydrogens is 216 g/mol. The first kappa shape index (κ1) is 14.2. The summed E-state index contributed by atoms with van der Waals surface area (Å²) in [5, 5.41) is 0. The van der Waals surface area contributed by atoms with Crippen LogP contribution in [0, 0.1) is 5.92 Å². The van der Waals surface area contributed by atoms with E-state index < -0.39 is 0 Å². The number of likely N-dealkylation sites (N-methyl/N-ethyl adjacent to an activating group) is 1. The molecule has 0 radical (unpaired) electrons. The third-order valence-electron chi connectivity index (χ3n) is 3.72. The minimum atomic E-state index is 0.146. The first-order valence-electron chi connectivity index (χ1n) is 6.41. The number of nitrogens with zero attached hydrogens (tertiary/aromatic N) is 2. The number of Topliss-reactive ketones (excluding diaryl/α,β-unsaturated/α-hetero) is 1. The van der Waals surface area contributed by atoms with Crippen LogP contribution in [0.1, 0.15) is 33.6 Å². The van der Waals surface area contributed by atoms with E-state index in [0.717, 1.165) is 0 Å². The molecule has 0 aromatic carbocycles. The minimum Gasteiger partial charge on any atom is -0.341 e. The number of piperidine rings is 1. The van der Waals surface area contributed by atoms with Gasteiger partial charge < -0.3 is 4.90 Å². The van der Waals surface area contributed by atoms with Crippen LogP contribution in [0.4, 0.5) is 0 Å². The molecule has 0 aromatic rings. The average molecular weight is 240 g/mol. The van der Waals surface area contributed by atoms with E-state index >= 15 is 0 Å². The van der Waals surface area contributed by atoms with Gasteiger partial charge in [0.05, 0.1) is 6.54 Å². The van der Waals surface area contributed by atoms with Crippen LogP contribution in [0.2, 0.25) is 0 Å². The molecule has 0 aromatic heterocycles. The summed E-state index contributed by atoms with van der Waals surface area (Å²) in [6.45, 7) is 8.10. The van der Waals surface area contributed by atoms with Gasteiger partial charge in [0.2, 0.25) is 5.91 Å². The van der Waals surface area contributed by atoms with Gasteiger partial charge in [-0.05, 0) is 19.9 Å². The first-order valence-corrected chi connectivity index (χ1v) is 6.41. The summed E-state index contributed by atoms with van der Waals surface area (Å²) >= 11 is 0. The summed E-state index contributed by atoms with van der Waals surface area (Å²) < 4.78 is 0. The molecule has 1 heterocycles. The molecule has 1 unspecified atom stereocenters. The summed E-state index contributed by atoms with van der Waals surface area (Å²) in [6.07, 6.45) is 1.05. The van der Waals surface area contributed by atoms with Gasteiger partial charge in [0, 0.05) is 32.0 Å². The van der Waals surface area contributed by atoms with Crippen LogP contribution in [0.15, 0.2) is 0 Å². The van der Waals surface area contributed by atoms with Crippen LogP contribution in [0.5, 0.6) is 0 Å². The lowest BCUT2D eigenvalue weighted by Gasteiger charge is -2.31. The number of rotatable bonds is 4. The van der Waals surface area contributed by atoms with Crippen molar-refractivity contribution in [1.82, 2.24) is 9.80 Å². The van der Waals surface area contributed by atoms with Gasteiger partial charge in [-0.15, -0.1) is 0 Å². The second-order valence-corrected chi connectivity index (χ2v) is 5.32. The Morgan fingerprint density at radius 2 is 1.82 bits per heavy atom. The van der Waals surface area contributed by atoms with Crippen molar-refractivity contribution in [2.75, 3.05) is 26.7 Å². The van der Waals surface area contributed by atoms with Crippen molar-refractivity contribution in [2.24, 2.45) is 5.92 Å². The third kappa shape index (κ3) is 4.11. The lowest BCUT2D eigenvalue weighted by atomic mass is 10.1. The maximum atomic E-state index is 12.0. The summed E-state index contributed by atoms with van der Waals surface area (Å²) in [7, 11) is 1.98. The molecule has 0 saturated carbocycles. The Labute approximate surface area is 104 Å². The van der Waals surface area contributed by atoms with E-state index in [0.29, 0.717) is 44.4 Å². The van der Waals surface area contributed by atoms with E-state index in [9.17, 15) is 9.59 Å². The van der Waals surface area contributed by atoms with E-state index in [1.54, 1.807) is 0 Å². The lowest BCUT2D eigenvalue weighted by molar-refractivity contribution is -0.135. The highest BCUT2D eigenvalue weighted by Gasteiger charge is 2.23. The lowest BCUT2D eigenvalue weighted by Crippen LogP contribution is -2.46. The molecule has 0 N–H and O–H groups in total. The highest BCUT2D eigenvalue weighted by atomic mass is 16.2. The van der Waals surface area contributed by atoms with Crippen LogP contribution >= 0.6 is 0 Å².